The van der Waals surface area contributed by atoms with Gasteiger partial charge in [-0.25, -0.2) is 0 Å². The van der Waals surface area contributed by atoms with Gasteiger partial charge in [0.1, 0.15) is 6.10 Å². The van der Waals surface area contributed by atoms with Crippen LogP contribution in [-0.2, 0) is 10.2 Å². The molecule has 2 fully saturated rings. The van der Waals surface area contributed by atoms with Crippen molar-refractivity contribution in [2.45, 2.75) is 37.2 Å². The molecule has 0 bridgehead atoms. The van der Waals surface area contributed by atoms with Crippen molar-refractivity contribution in [2.24, 2.45) is 5.73 Å². The predicted molar refractivity (Wildman–Crippen MR) is 77.4 cm³/mol. The summed E-state index contributed by atoms with van der Waals surface area (Å²) in [5, 5.41) is 0. The number of ether oxygens (including phenoxy) is 3. The lowest BCUT2D eigenvalue weighted by Crippen LogP contribution is -2.26. The van der Waals surface area contributed by atoms with Crippen LogP contribution in [0, 0.1) is 0 Å². The second-order valence-corrected chi connectivity index (χ2v) is 5.78. The van der Waals surface area contributed by atoms with Crippen molar-refractivity contribution in [3.05, 3.63) is 23.8 Å². The molecular formula is C16H23NO3. The van der Waals surface area contributed by atoms with Gasteiger partial charge in [0.2, 0.25) is 0 Å². The number of rotatable bonds is 5. The fourth-order valence-electron chi connectivity index (χ4n) is 2.83. The smallest absolute Gasteiger partial charge is 0.161 e. The van der Waals surface area contributed by atoms with Crippen molar-refractivity contribution in [2.75, 3.05) is 26.9 Å². The van der Waals surface area contributed by atoms with E-state index >= 15 is 0 Å². The summed E-state index contributed by atoms with van der Waals surface area (Å²) in [7, 11) is 1.68. The predicted octanol–water partition coefficient (Wildman–Crippen LogP) is 2.24. The first-order valence-corrected chi connectivity index (χ1v) is 7.40. The van der Waals surface area contributed by atoms with Crippen molar-refractivity contribution in [1.29, 1.82) is 0 Å². The first kappa shape index (κ1) is 13.7. The molecule has 2 N–H and O–H groups in total. The van der Waals surface area contributed by atoms with Gasteiger partial charge in [-0.3, -0.25) is 0 Å². The van der Waals surface area contributed by atoms with Crippen molar-refractivity contribution in [1.82, 2.24) is 0 Å². The van der Waals surface area contributed by atoms with Crippen LogP contribution in [0.3, 0.4) is 0 Å². The second kappa shape index (κ2) is 5.62. The molecule has 0 spiro atoms. The van der Waals surface area contributed by atoms with Gasteiger partial charge in [-0.1, -0.05) is 6.07 Å². The third-order valence-corrected chi connectivity index (χ3v) is 4.48. The summed E-state index contributed by atoms with van der Waals surface area (Å²) in [4.78, 5) is 0. The van der Waals surface area contributed by atoms with Gasteiger partial charge in [0, 0.05) is 24.8 Å². The maximum Gasteiger partial charge on any atom is 0.161 e. The van der Waals surface area contributed by atoms with Crippen molar-refractivity contribution in [3.63, 3.8) is 0 Å². The zero-order valence-corrected chi connectivity index (χ0v) is 12.1. The lowest BCUT2D eigenvalue weighted by molar-refractivity contribution is 0.0245. The van der Waals surface area contributed by atoms with Gasteiger partial charge in [0.25, 0.3) is 0 Å². The highest BCUT2D eigenvalue weighted by Gasteiger charge is 2.43. The second-order valence-electron chi connectivity index (χ2n) is 5.78. The molecule has 2 aliphatic rings. The molecule has 4 heteroatoms. The Kier molecular flexibility index (Phi) is 3.85. The summed E-state index contributed by atoms with van der Waals surface area (Å²) >= 11 is 0. The summed E-state index contributed by atoms with van der Waals surface area (Å²) in [6.07, 6.45) is 4.45. The van der Waals surface area contributed by atoms with Crippen molar-refractivity contribution in [3.8, 4) is 11.5 Å². The van der Waals surface area contributed by atoms with Gasteiger partial charge >= 0.3 is 0 Å². The van der Waals surface area contributed by atoms with Gasteiger partial charge in [0.15, 0.2) is 11.5 Å². The lowest BCUT2D eigenvalue weighted by atomic mass is 9.96. The topological polar surface area (TPSA) is 53.7 Å². The average Bonchev–Trinajstić information content (AvgIpc) is 3.29. The Morgan fingerprint density at radius 3 is 2.60 bits per heavy atom. The summed E-state index contributed by atoms with van der Waals surface area (Å²) < 4.78 is 16.9. The number of nitrogens with two attached hydrogens (primary N) is 1. The molecule has 1 aromatic carbocycles. The van der Waals surface area contributed by atoms with Crippen LogP contribution >= 0.6 is 0 Å². The van der Waals surface area contributed by atoms with E-state index in [1.165, 1.54) is 18.4 Å². The lowest BCUT2D eigenvalue weighted by Gasteiger charge is -2.25. The van der Waals surface area contributed by atoms with E-state index in [4.69, 9.17) is 19.9 Å². The molecule has 20 heavy (non-hydrogen) atoms. The highest BCUT2D eigenvalue weighted by atomic mass is 16.5. The van der Waals surface area contributed by atoms with Crippen LogP contribution in [0.15, 0.2) is 18.2 Å². The molecule has 1 saturated heterocycles. The standard InChI is InChI=1S/C16H23NO3/c1-18-14-3-2-12(16(11-17)6-7-16)10-15(14)20-13-4-8-19-9-5-13/h2-3,10,13H,4-9,11,17H2,1H3. The molecular weight excluding hydrogens is 254 g/mol. The third kappa shape index (κ3) is 2.63. The van der Waals surface area contributed by atoms with Crippen LogP contribution in [0.1, 0.15) is 31.2 Å². The van der Waals surface area contributed by atoms with Gasteiger partial charge in [-0.05, 0) is 30.5 Å². The van der Waals surface area contributed by atoms with E-state index in [-0.39, 0.29) is 11.5 Å². The van der Waals surface area contributed by atoms with E-state index in [1.807, 2.05) is 6.07 Å². The molecule has 1 heterocycles. The molecule has 4 nitrogen and oxygen atoms in total. The summed E-state index contributed by atoms with van der Waals surface area (Å²) in [5.74, 6) is 1.64. The Bertz CT molecular complexity index is 465. The fourth-order valence-corrected chi connectivity index (χ4v) is 2.83. The highest BCUT2D eigenvalue weighted by Crippen LogP contribution is 2.49. The SMILES string of the molecule is COc1ccc(C2(CN)CC2)cc1OC1CCOCC1. The zero-order valence-electron chi connectivity index (χ0n) is 12.1. The third-order valence-electron chi connectivity index (χ3n) is 4.48. The van der Waals surface area contributed by atoms with E-state index in [2.05, 4.69) is 12.1 Å². The molecule has 110 valence electrons. The molecule has 0 radical (unpaired) electrons. The Hall–Kier alpha value is -1.26. The average molecular weight is 277 g/mol. The molecule has 1 saturated carbocycles. The van der Waals surface area contributed by atoms with Crippen LogP contribution in [0.4, 0.5) is 0 Å². The van der Waals surface area contributed by atoms with E-state index in [1.54, 1.807) is 7.11 Å². The Morgan fingerprint density at radius 2 is 2.00 bits per heavy atom. The van der Waals surface area contributed by atoms with Crippen LogP contribution in [-0.4, -0.2) is 33.0 Å². The van der Waals surface area contributed by atoms with Crippen molar-refractivity contribution < 1.29 is 14.2 Å². The quantitative estimate of drug-likeness (QED) is 0.897. The van der Waals surface area contributed by atoms with Crippen LogP contribution in [0.2, 0.25) is 0 Å². The maximum atomic E-state index is 6.14. The Labute approximate surface area is 120 Å². The Morgan fingerprint density at radius 1 is 1.25 bits per heavy atom. The molecule has 1 aliphatic carbocycles. The monoisotopic (exact) mass is 277 g/mol. The number of hydrogen-bond donors (Lipinski definition) is 1. The summed E-state index contributed by atoms with van der Waals surface area (Å²) in [5.41, 5.74) is 7.38. The first-order valence-electron chi connectivity index (χ1n) is 7.40. The fraction of sp³-hybridized carbons (Fsp3) is 0.625. The van der Waals surface area contributed by atoms with Crippen LogP contribution in [0.25, 0.3) is 0 Å². The van der Waals surface area contributed by atoms with Gasteiger partial charge in [-0.2, -0.15) is 0 Å². The van der Waals surface area contributed by atoms with Gasteiger partial charge < -0.3 is 19.9 Å². The van der Waals surface area contributed by atoms with Gasteiger partial charge in [0.05, 0.1) is 20.3 Å². The number of methoxy groups -OCH3 is 1. The minimum absolute atomic E-state index is 0.181. The van der Waals surface area contributed by atoms with E-state index < -0.39 is 0 Å². The molecule has 0 atom stereocenters. The normalized spacial score (nSPS) is 21.5. The van der Waals surface area contributed by atoms with Crippen molar-refractivity contribution >= 4 is 0 Å². The summed E-state index contributed by atoms with van der Waals surface area (Å²) in [6, 6.07) is 6.24. The van der Waals surface area contributed by atoms with Crippen LogP contribution < -0.4 is 15.2 Å². The van der Waals surface area contributed by atoms with Crippen LogP contribution in [0.5, 0.6) is 11.5 Å². The van der Waals surface area contributed by atoms with E-state index in [9.17, 15) is 0 Å². The van der Waals surface area contributed by atoms with E-state index in [0.717, 1.165) is 37.6 Å². The molecule has 3 rings (SSSR count). The molecule has 1 aliphatic heterocycles. The number of benzene rings is 1. The summed E-state index contributed by atoms with van der Waals surface area (Å²) in [6.45, 7) is 2.26. The first-order chi connectivity index (χ1) is 9.77. The maximum absolute atomic E-state index is 6.14. The van der Waals surface area contributed by atoms with E-state index in [0.29, 0.717) is 6.54 Å². The zero-order chi connectivity index (χ0) is 14.0. The highest BCUT2D eigenvalue weighted by molar-refractivity contribution is 5.47. The molecule has 0 unspecified atom stereocenters. The number of hydrogen-bond acceptors (Lipinski definition) is 4. The largest absolute Gasteiger partial charge is 0.493 e. The molecule has 1 aromatic rings. The Balaban J connectivity index is 1.81. The minimum atomic E-state index is 0.181. The minimum Gasteiger partial charge on any atom is -0.493 e. The molecule has 0 aromatic heterocycles. The van der Waals surface area contributed by atoms with Gasteiger partial charge in [-0.15, -0.1) is 0 Å². The molecule has 0 amide bonds.